The van der Waals surface area contributed by atoms with E-state index in [1.807, 2.05) is 23.9 Å². The Hall–Kier alpha value is -1.85. The van der Waals surface area contributed by atoms with E-state index in [2.05, 4.69) is 15.7 Å². The summed E-state index contributed by atoms with van der Waals surface area (Å²) in [6, 6.07) is 2.47. The third-order valence-corrected chi connectivity index (χ3v) is 4.57. The minimum atomic E-state index is -0.634. The topological polar surface area (TPSA) is 76.0 Å². The van der Waals surface area contributed by atoms with E-state index in [4.69, 9.17) is 0 Å². The van der Waals surface area contributed by atoms with Crippen LogP contribution in [0.25, 0.3) is 0 Å². The predicted octanol–water partition coefficient (Wildman–Crippen LogP) is 1.14. The summed E-state index contributed by atoms with van der Waals surface area (Å²) < 4.78 is 2.02. The highest BCUT2D eigenvalue weighted by molar-refractivity contribution is 5.92. The van der Waals surface area contributed by atoms with Crippen molar-refractivity contribution in [3.63, 3.8) is 0 Å². The van der Waals surface area contributed by atoms with Gasteiger partial charge in [-0.2, -0.15) is 5.10 Å². The molecule has 0 unspecified atom stereocenters. The molecule has 114 valence electrons. The number of aromatic nitrogens is 2. The van der Waals surface area contributed by atoms with Crippen LogP contribution in [0.4, 0.5) is 0 Å². The van der Waals surface area contributed by atoms with Gasteiger partial charge in [0.2, 0.25) is 11.8 Å². The molecule has 2 heterocycles. The third kappa shape index (κ3) is 2.94. The van der Waals surface area contributed by atoms with Gasteiger partial charge in [0, 0.05) is 19.2 Å². The van der Waals surface area contributed by atoms with E-state index in [0.717, 1.165) is 5.69 Å². The van der Waals surface area contributed by atoms with Crippen LogP contribution >= 0.6 is 0 Å². The van der Waals surface area contributed by atoms with Gasteiger partial charge in [0.25, 0.3) is 0 Å². The molecule has 1 aliphatic heterocycles. The molecule has 0 radical (unpaired) electrons. The number of carbonyl (C=O) groups excluding carboxylic acids is 2. The lowest BCUT2D eigenvalue weighted by atomic mass is 9.88. The summed E-state index contributed by atoms with van der Waals surface area (Å²) in [7, 11) is 0. The zero-order chi connectivity index (χ0) is 14.9. The second-order valence-electron chi connectivity index (χ2n) is 6.42. The van der Waals surface area contributed by atoms with Crippen LogP contribution in [0.2, 0.25) is 0 Å². The summed E-state index contributed by atoms with van der Waals surface area (Å²) in [4.78, 5) is 23.5. The highest BCUT2D eigenvalue weighted by Gasteiger charge is 2.40. The summed E-state index contributed by atoms with van der Waals surface area (Å²) in [5, 5.41) is 10.2. The molecule has 2 N–H and O–H groups in total. The molecule has 2 aliphatic rings. The Bertz CT molecular complexity index is 548. The van der Waals surface area contributed by atoms with E-state index in [0.29, 0.717) is 19.1 Å². The maximum atomic E-state index is 12.2. The molecule has 6 nitrogen and oxygen atoms in total. The average Bonchev–Trinajstić information content (AvgIpc) is 3.16. The molecular weight excluding hydrogens is 268 g/mol. The molecule has 1 aromatic rings. The van der Waals surface area contributed by atoms with Crippen LogP contribution in [0.5, 0.6) is 0 Å². The summed E-state index contributed by atoms with van der Waals surface area (Å²) in [6.45, 7) is 2.65. The maximum absolute atomic E-state index is 12.2. The molecule has 1 atom stereocenters. The number of nitrogens with one attached hydrogen (secondary N) is 2. The van der Waals surface area contributed by atoms with Gasteiger partial charge in [0.05, 0.1) is 23.7 Å². The van der Waals surface area contributed by atoms with Crippen molar-refractivity contribution in [3.05, 3.63) is 18.0 Å². The Labute approximate surface area is 124 Å². The van der Waals surface area contributed by atoms with Crippen LogP contribution in [0.1, 0.15) is 50.8 Å². The molecule has 2 fully saturated rings. The molecule has 0 bridgehead atoms. The summed E-state index contributed by atoms with van der Waals surface area (Å²) in [6.07, 6.45) is 7.19. The standard InChI is InChI=1S/C15H22N4O2/c1-15(8-13(20)17-10-15)14(21)16-9-11-6-7-19(18-11)12-4-2-3-5-12/h6-7,12H,2-5,8-10H2,1H3,(H,16,21)(H,17,20)/t15-/m0/s1. The molecule has 2 amide bonds. The van der Waals surface area contributed by atoms with E-state index in [-0.39, 0.29) is 18.2 Å². The number of amides is 2. The normalized spacial score (nSPS) is 26.0. The maximum Gasteiger partial charge on any atom is 0.228 e. The van der Waals surface area contributed by atoms with Crippen LogP contribution in [-0.4, -0.2) is 28.1 Å². The van der Waals surface area contributed by atoms with E-state index in [1.165, 1.54) is 25.7 Å². The molecule has 21 heavy (non-hydrogen) atoms. The molecule has 1 aliphatic carbocycles. The Balaban J connectivity index is 1.55. The predicted molar refractivity (Wildman–Crippen MR) is 77.3 cm³/mol. The number of hydrogen-bond donors (Lipinski definition) is 2. The summed E-state index contributed by atoms with van der Waals surface area (Å²) >= 11 is 0. The van der Waals surface area contributed by atoms with Gasteiger partial charge in [-0.15, -0.1) is 0 Å². The molecular formula is C15H22N4O2. The molecule has 0 aromatic carbocycles. The lowest BCUT2D eigenvalue weighted by Gasteiger charge is -2.19. The van der Waals surface area contributed by atoms with Crippen LogP contribution in [-0.2, 0) is 16.1 Å². The van der Waals surface area contributed by atoms with Crippen LogP contribution < -0.4 is 10.6 Å². The fourth-order valence-electron chi connectivity index (χ4n) is 3.16. The van der Waals surface area contributed by atoms with Gasteiger partial charge in [-0.3, -0.25) is 14.3 Å². The molecule has 0 spiro atoms. The third-order valence-electron chi connectivity index (χ3n) is 4.57. The van der Waals surface area contributed by atoms with Gasteiger partial charge in [-0.05, 0) is 25.8 Å². The highest BCUT2D eigenvalue weighted by Crippen LogP contribution is 2.29. The smallest absolute Gasteiger partial charge is 0.228 e. The second kappa shape index (κ2) is 5.50. The lowest BCUT2D eigenvalue weighted by molar-refractivity contribution is -0.131. The molecule has 6 heteroatoms. The highest BCUT2D eigenvalue weighted by atomic mass is 16.2. The first-order chi connectivity index (χ1) is 10.1. The van der Waals surface area contributed by atoms with Gasteiger partial charge in [-0.25, -0.2) is 0 Å². The zero-order valence-electron chi connectivity index (χ0n) is 12.4. The average molecular weight is 290 g/mol. The number of hydrogen-bond acceptors (Lipinski definition) is 3. The largest absolute Gasteiger partial charge is 0.355 e. The van der Waals surface area contributed by atoms with Crippen LogP contribution in [0, 0.1) is 5.41 Å². The van der Waals surface area contributed by atoms with Gasteiger partial charge in [-0.1, -0.05) is 12.8 Å². The van der Waals surface area contributed by atoms with Gasteiger partial charge in [0.1, 0.15) is 0 Å². The Morgan fingerprint density at radius 3 is 2.95 bits per heavy atom. The molecule has 1 saturated carbocycles. The van der Waals surface area contributed by atoms with Crippen molar-refractivity contribution in [2.75, 3.05) is 6.54 Å². The Morgan fingerprint density at radius 2 is 2.29 bits per heavy atom. The first-order valence-electron chi connectivity index (χ1n) is 7.66. The second-order valence-corrected chi connectivity index (χ2v) is 6.42. The van der Waals surface area contributed by atoms with Crippen molar-refractivity contribution in [1.82, 2.24) is 20.4 Å². The first-order valence-corrected chi connectivity index (χ1v) is 7.66. The summed E-state index contributed by atoms with van der Waals surface area (Å²) in [5.41, 5.74) is 0.238. The van der Waals surface area contributed by atoms with Crippen molar-refractivity contribution in [3.8, 4) is 0 Å². The minimum absolute atomic E-state index is 0.0573. The monoisotopic (exact) mass is 290 g/mol. The van der Waals surface area contributed by atoms with Crippen molar-refractivity contribution in [2.45, 2.75) is 51.6 Å². The van der Waals surface area contributed by atoms with Gasteiger partial charge in [0.15, 0.2) is 0 Å². The number of nitrogens with zero attached hydrogens (tertiary/aromatic N) is 2. The van der Waals surface area contributed by atoms with E-state index >= 15 is 0 Å². The Kier molecular flexibility index (Phi) is 3.69. The van der Waals surface area contributed by atoms with Gasteiger partial charge >= 0.3 is 0 Å². The fraction of sp³-hybridized carbons (Fsp3) is 0.667. The zero-order valence-corrected chi connectivity index (χ0v) is 12.4. The van der Waals surface area contributed by atoms with Crippen LogP contribution in [0.15, 0.2) is 12.3 Å². The Morgan fingerprint density at radius 1 is 1.52 bits per heavy atom. The fourth-order valence-corrected chi connectivity index (χ4v) is 3.16. The molecule has 1 aromatic heterocycles. The summed E-state index contributed by atoms with van der Waals surface area (Å²) in [5.74, 6) is -0.144. The molecule has 3 rings (SSSR count). The lowest BCUT2D eigenvalue weighted by Crippen LogP contribution is -2.40. The number of rotatable bonds is 4. The van der Waals surface area contributed by atoms with E-state index < -0.39 is 5.41 Å². The van der Waals surface area contributed by atoms with Crippen molar-refractivity contribution in [2.24, 2.45) is 5.41 Å². The minimum Gasteiger partial charge on any atom is -0.355 e. The number of carbonyl (C=O) groups is 2. The van der Waals surface area contributed by atoms with Crippen molar-refractivity contribution in [1.29, 1.82) is 0 Å². The van der Waals surface area contributed by atoms with E-state index in [1.54, 1.807) is 0 Å². The quantitative estimate of drug-likeness (QED) is 0.873. The van der Waals surface area contributed by atoms with Crippen LogP contribution in [0.3, 0.4) is 0 Å². The van der Waals surface area contributed by atoms with Gasteiger partial charge < -0.3 is 10.6 Å². The SMILES string of the molecule is C[C@@]1(C(=O)NCc2ccn(C3CCCC3)n2)CNC(=O)C1. The molecule has 1 saturated heterocycles. The van der Waals surface area contributed by atoms with E-state index in [9.17, 15) is 9.59 Å². The first kappa shape index (κ1) is 14.1. The van der Waals surface area contributed by atoms with Crippen molar-refractivity contribution < 1.29 is 9.59 Å². The van der Waals surface area contributed by atoms with Crippen molar-refractivity contribution >= 4 is 11.8 Å².